The summed E-state index contributed by atoms with van der Waals surface area (Å²) in [6.45, 7) is 16.7. The van der Waals surface area contributed by atoms with E-state index in [1.54, 1.807) is 60.6 Å². The Morgan fingerprint density at radius 3 is 1.82 bits per heavy atom. The van der Waals surface area contributed by atoms with Crippen LogP contribution in [0.25, 0.3) is 0 Å². The largest absolute Gasteiger partial charge is 0.508 e. The first-order chi connectivity index (χ1) is 46.7. The summed E-state index contributed by atoms with van der Waals surface area (Å²) in [4.78, 5) is 148. The van der Waals surface area contributed by atoms with Crippen LogP contribution in [-0.4, -0.2) is 177 Å². The third-order valence-electron chi connectivity index (χ3n) is 18.1. The van der Waals surface area contributed by atoms with Gasteiger partial charge in [-0.25, -0.2) is 4.79 Å². The molecule has 0 spiro atoms. The second-order valence-electron chi connectivity index (χ2n) is 27.9. The highest BCUT2D eigenvalue weighted by atomic mass is 16.4. The van der Waals surface area contributed by atoms with Gasteiger partial charge in [0.05, 0.1) is 6.04 Å². The van der Waals surface area contributed by atoms with E-state index in [4.69, 9.17) is 28.7 Å². The average Bonchev–Trinajstić information content (AvgIpc) is 1.82. The van der Waals surface area contributed by atoms with Crippen LogP contribution in [0.3, 0.4) is 0 Å². The molecule has 2 aliphatic rings. The van der Waals surface area contributed by atoms with E-state index >= 15 is 0 Å². The zero-order valence-electron chi connectivity index (χ0n) is 59.1. The second kappa shape index (κ2) is 38.5. The lowest BCUT2D eigenvalue weighted by Gasteiger charge is -2.34. The van der Waals surface area contributed by atoms with Crippen LogP contribution in [0.5, 0.6) is 11.5 Å². The fraction of sp³-hybridized carbons (Fsp3) is 0.592. The number of aryl methyl sites for hydroxylation is 4. The molecule has 0 aromatic heterocycles. The first-order valence-electron chi connectivity index (χ1n) is 34.5. The number of nitrogens with two attached hydrogens (primary N) is 5. The van der Waals surface area contributed by atoms with Gasteiger partial charge in [0.15, 0.2) is 5.96 Å². The van der Waals surface area contributed by atoms with E-state index in [0.29, 0.717) is 68.3 Å². The van der Waals surface area contributed by atoms with Crippen LogP contribution in [-0.2, 0) is 73.8 Å². The van der Waals surface area contributed by atoms with Gasteiger partial charge < -0.3 is 91.0 Å². The Balaban J connectivity index is 1.32. The van der Waals surface area contributed by atoms with E-state index in [9.17, 15) is 63.3 Å². The highest BCUT2D eigenvalue weighted by molar-refractivity contribution is 5.97. The molecule has 0 saturated carbocycles. The van der Waals surface area contributed by atoms with Crippen LogP contribution in [0.15, 0.2) is 53.5 Å². The number of unbranched alkanes of at least 4 members (excludes halogenated alkanes) is 2. The van der Waals surface area contributed by atoms with Crippen molar-refractivity contribution in [2.75, 3.05) is 32.7 Å². The van der Waals surface area contributed by atoms with Crippen molar-refractivity contribution in [3.05, 3.63) is 93.0 Å². The number of carbonyl (C=O) groups excluding carboxylic acids is 9. The van der Waals surface area contributed by atoms with Gasteiger partial charge in [-0.2, -0.15) is 0 Å². The number of carboxylic acid groups (broad SMARTS) is 1. The fourth-order valence-electron chi connectivity index (χ4n) is 12.8. The lowest BCUT2D eigenvalue weighted by atomic mass is 9.85. The summed E-state index contributed by atoms with van der Waals surface area (Å²) < 4.78 is 0. The summed E-state index contributed by atoms with van der Waals surface area (Å²) in [6.07, 6.45) is 3.23. The standard InChI is InChI=1S/C71H109N15O13/c1-40(2)30-57(69(98)99)83-66(95)61(71(7,8)9)84-64(93)55(38-51-43(5)33-49(88)34-44(51)6)81-65(94)58-23-17-28-86(58)68(97)54(21-13-15-26-73)79-60(90)36-47(20-12-14-25-72)78-59(89)24-29-85-39-46-19-11-10-18-45(46)35-56(67(85)96)82-63(92)53(22-16-27-77-70(75)76)80-62(91)52(74)37-50-41(3)31-48(87)32-42(50)4/h10-11,18-19,31-34,40,47,52-58,61,87-88H,12-17,20-30,35-39,72-74H2,1-9H3,(H,78,89)(H,79,90)(H,80,91)(H,81,94)(H,82,92)(H,83,95)(H,84,93)(H,98,99)(H4,75,76,77)/t47-,52-,53+,54-,55-,56-,57-,58-,61+/m0/s1. The van der Waals surface area contributed by atoms with Gasteiger partial charge in [0.25, 0.3) is 0 Å². The van der Waals surface area contributed by atoms with Crippen molar-refractivity contribution in [1.82, 2.24) is 47.0 Å². The molecule has 2 heterocycles. The summed E-state index contributed by atoms with van der Waals surface area (Å²) in [5.41, 5.74) is 34.1. The van der Waals surface area contributed by atoms with Gasteiger partial charge in [0.1, 0.15) is 53.8 Å². The molecule has 28 heteroatoms. The molecule has 99 heavy (non-hydrogen) atoms. The number of rotatable bonds is 37. The molecule has 546 valence electrons. The second-order valence-corrected chi connectivity index (χ2v) is 27.9. The maximum Gasteiger partial charge on any atom is 0.326 e. The Morgan fingerprint density at radius 2 is 1.24 bits per heavy atom. The number of aliphatic imine (C=N–C) groups is 1. The first-order valence-corrected chi connectivity index (χ1v) is 34.5. The van der Waals surface area contributed by atoms with Crippen LogP contribution in [0.1, 0.15) is 163 Å². The minimum Gasteiger partial charge on any atom is -0.508 e. The Labute approximate surface area is 581 Å². The third-order valence-corrected chi connectivity index (χ3v) is 18.1. The molecule has 3 aromatic carbocycles. The van der Waals surface area contributed by atoms with Gasteiger partial charge in [0.2, 0.25) is 53.2 Å². The maximum atomic E-state index is 14.9. The van der Waals surface area contributed by atoms with Gasteiger partial charge in [-0.15, -0.1) is 0 Å². The number of phenolic OH excluding ortho intramolecular Hbond substituents is 2. The number of hydrogen-bond acceptors (Lipinski definition) is 16. The molecular formula is C71H109N15O13. The van der Waals surface area contributed by atoms with Gasteiger partial charge in [0, 0.05) is 57.9 Å². The number of aliphatic carboxylic acids is 1. The molecule has 5 rings (SSSR count). The molecule has 1 saturated heterocycles. The molecule has 2 aliphatic heterocycles. The number of guanidine groups is 1. The molecule has 3 aromatic rings. The summed E-state index contributed by atoms with van der Waals surface area (Å²) >= 11 is 0. The number of phenols is 2. The van der Waals surface area contributed by atoms with Crippen molar-refractivity contribution in [1.29, 1.82) is 0 Å². The van der Waals surface area contributed by atoms with Crippen molar-refractivity contribution in [2.24, 2.45) is 45.0 Å². The van der Waals surface area contributed by atoms with Crippen LogP contribution >= 0.6 is 0 Å². The molecule has 0 unspecified atom stereocenters. The Bertz CT molecular complexity index is 3300. The molecule has 9 amide bonds. The van der Waals surface area contributed by atoms with E-state index in [0.717, 1.165) is 27.8 Å². The zero-order valence-corrected chi connectivity index (χ0v) is 59.1. The van der Waals surface area contributed by atoms with Crippen molar-refractivity contribution in [3.63, 3.8) is 0 Å². The topological polar surface area (TPSA) is 465 Å². The summed E-state index contributed by atoms with van der Waals surface area (Å²) in [5, 5.41) is 50.3. The monoisotopic (exact) mass is 1380 g/mol. The van der Waals surface area contributed by atoms with Gasteiger partial charge in [-0.05, 0) is 192 Å². The van der Waals surface area contributed by atoms with Crippen molar-refractivity contribution < 1.29 is 63.3 Å². The first kappa shape index (κ1) is 80.8. The number of benzene rings is 3. The van der Waals surface area contributed by atoms with E-state index in [-0.39, 0.29) is 114 Å². The van der Waals surface area contributed by atoms with Crippen LogP contribution in [0.4, 0.5) is 0 Å². The lowest BCUT2D eigenvalue weighted by molar-refractivity contribution is -0.144. The fourth-order valence-corrected chi connectivity index (χ4v) is 12.8. The summed E-state index contributed by atoms with van der Waals surface area (Å²) in [6, 6.07) is 3.29. The Morgan fingerprint density at radius 1 is 0.667 bits per heavy atom. The van der Waals surface area contributed by atoms with Crippen LogP contribution in [0, 0.1) is 39.0 Å². The predicted octanol–water partition coefficient (Wildman–Crippen LogP) is 1.68. The SMILES string of the molecule is Cc1cc(O)cc(C)c1C[C@H](NC(=O)[C@@H]1CCCN1C(=O)[C@H](CCCCN)NC(=O)C[C@H](CCCCN)NC(=O)CCN1Cc2ccccc2C[C@H](NC(=O)[C@@H](CCCN=C(N)N)NC(=O)[C@@H](N)Cc2c(C)cc(O)cc2C)C1=O)C(=O)N[C@H](C(=O)N[C@@H](CC(C)C)C(=O)O)C(C)(C)C. The molecule has 9 atom stereocenters. The number of hydrogen-bond donors (Lipinski definition) is 15. The number of fused-ring (bicyclic) bond motifs is 1. The van der Waals surface area contributed by atoms with Crippen molar-refractivity contribution in [2.45, 2.75) is 226 Å². The normalized spacial score (nSPS) is 16.7. The van der Waals surface area contributed by atoms with Crippen LogP contribution < -0.4 is 65.9 Å². The molecular weight excluding hydrogens is 1270 g/mol. The Kier molecular flexibility index (Phi) is 31.4. The summed E-state index contributed by atoms with van der Waals surface area (Å²) in [5.74, 6) is -6.95. The predicted molar refractivity (Wildman–Crippen MR) is 376 cm³/mol. The lowest BCUT2D eigenvalue weighted by Crippen LogP contribution is -2.61. The number of carbonyl (C=O) groups is 10. The number of carboxylic acids is 1. The van der Waals surface area contributed by atoms with Crippen LogP contribution in [0.2, 0.25) is 0 Å². The van der Waals surface area contributed by atoms with E-state index in [1.807, 2.05) is 38.1 Å². The third kappa shape index (κ3) is 25.1. The average molecular weight is 1380 g/mol. The van der Waals surface area contributed by atoms with E-state index < -0.39 is 119 Å². The number of likely N-dealkylation sites (tertiary alicyclic amines) is 1. The number of nitrogens with one attached hydrogen (secondary N) is 7. The molecule has 28 nitrogen and oxygen atoms in total. The molecule has 0 aliphatic carbocycles. The van der Waals surface area contributed by atoms with Crippen molar-refractivity contribution in [3.8, 4) is 11.5 Å². The molecule has 1 fully saturated rings. The zero-order chi connectivity index (χ0) is 73.4. The quantitative estimate of drug-likeness (QED) is 0.0222. The number of aromatic hydroxyl groups is 2. The molecule has 0 radical (unpaired) electrons. The highest BCUT2D eigenvalue weighted by Gasteiger charge is 2.42. The van der Waals surface area contributed by atoms with E-state index in [1.165, 1.54) is 21.9 Å². The van der Waals surface area contributed by atoms with E-state index in [2.05, 4.69) is 42.2 Å². The number of amides is 9. The van der Waals surface area contributed by atoms with Gasteiger partial charge in [-0.1, -0.05) is 65.3 Å². The van der Waals surface area contributed by atoms with Gasteiger partial charge in [-0.3, -0.25) is 48.1 Å². The minimum absolute atomic E-state index is 0.00778. The Hall–Kier alpha value is -8.89. The maximum absolute atomic E-state index is 14.9. The smallest absolute Gasteiger partial charge is 0.326 e. The summed E-state index contributed by atoms with van der Waals surface area (Å²) in [7, 11) is 0. The number of nitrogens with zero attached hydrogens (tertiary/aromatic N) is 3. The highest BCUT2D eigenvalue weighted by Crippen LogP contribution is 2.28. The van der Waals surface area contributed by atoms with Crippen molar-refractivity contribution >= 4 is 65.1 Å². The molecule has 0 bridgehead atoms. The minimum atomic E-state index is -1.34. The molecule has 20 N–H and O–H groups in total. The van der Waals surface area contributed by atoms with Gasteiger partial charge >= 0.3 is 5.97 Å².